The van der Waals surface area contributed by atoms with E-state index in [1.54, 1.807) is 90.1 Å². The van der Waals surface area contributed by atoms with Crippen LogP contribution >= 0.6 is 11.6 Å². The fraction of sp³-hybridized carbons (Fsp3) is 0.348. The van der Waals surface area contributed by atoms with Crippen molar-refractivity contribution in [3.05, 3.63) is 107 Å². The molecular weight excluding hydrogens is 802 g/mol. The van der Waals surface area contributed by atoms with Crippen molar-refractivity contribution in [1.29, 1.82) is 0 Å². The monoisotopic (exact) mass is 853 g/mol. The van der Waals surface area contributed by atoms with Gasteiger partial charge in [-0.2, -0.15) is 0 Å². The van der Waals surface area contributed by atoms with Crippen LogP contribution in [0.4, 0.5) is 5.69 Å². The Morgan fingerprint density at radius 3 is 2.03 bits per heavy atom. The molecule has 0 aliphatic heterocycles. The van der Waals surface area contributed by atoms with E-state index in [1.165, 1.54) is 7.11 Å². The Labute approximate surface area is 359 Å². The van der Waals surface area contributed by atoms with Crippen molar-refractivity contribution in [2.24, 2.45) is 0 Å². The van der Waals surface area contributed by atoms with Crippen LogP contribution in [0.25, 0.3) is 21.7 Å². The molecule has 0 unspecified atom stereocenters. The maximum Gasteiger partial charge on any atom is 0.308 e. The number of rotatable bonds is 16. The molecule has 0 saturated carbocycles. The summed E-state index contributed by atoms with van der Waals surface area (Å²) >= 11 is 6.18. The van der Waals surface area contributed by atoms with Gasteiger partial charge in [-0.1, -0.05) is 60.1 Å². The molecule has 15 heteroatoms. The molecule has 0 saturated heterocycles. The molecule has 61 heavy (non-hydrogen) atoms. The second-order valence-corrected chi connectivity index (χ2v) is 17.0. The predicted molar refractivity (Wildman–Crippen MR) is 233 cm³/mol. The lowest BCUT2D eigenvalue weighted by Gasteiger charge is -2.26. The van der Waals surface area contributed by atoms with E-state index >= 15 is 0 Å². The number of nitrogens with one attached hydrogen (secondary N) is 5. The molecule has 1 aromatic heterocycles. The van der Waals surface area contributed by atoms with Crippen LogP contribution in [0.5, 0.6) is 5.75 Å². The highest BCUT2D eigenvalue weighted by Gasteiger charge is 2.34. The zero-order valence-corrected chi connectivity index (χ0v) is 36.0. The molecule has 4 aromatic carbocycles. The average Bonchev–Trinajstić information content (AvgIpc) is 3.61. The highest BCUT2D eigenvalue weighted by molar-refractivity contribution is 6.31. The number of ether oxygens (including phenoxy) is 3. The predicted octanol–water partition coefficient (Wildman–Crippen LogP) is 6.79. The topological polar surface area (TPSA) is 194 Å². The zero-order chi connectivity index (χ0) is 44.5. The van der Waals surface area contributed by atoms with Crippen LogP contribution < -0.4 is 26.0 Å². The summed E-state index contributed by atoms with van der Waals surface area (Å²) in [6.45, 7) is 10.1. The van der Waals surface area contributed by atoms with Crippen LogP contribution in [-0.4, -0.2) is 77.0 Å². The van der Waals surface area contributed by atoms with Crippen LogP contribution in [0.1, 0.15) is 76.9 Å². The minimum absolute atomic E-state index is 0.00328. The van der Waals surface area contributed by atoms with E-state index in [1.807, 2.05) is 42.5 Å². The van der Waals surface area contributed by atoms with Gasteiger partial charge in [0.05, 0.1) is 13.5 Å². The lowest BCUT2D eigenvalue weighted by molar-refractivity contribution is -0.156. The Morgan fingerprint density at radius 2 is 1.33 bits per heavy atom. The van der Waals surface area contributed by atoms with Gasteiger partial charge in [-0.05, 0) is 101 Å². The minimum Gasteiger partial charge on any atom is -0.497 e. The molecule has 0 fully saturated rings. The van der Waals surface area contributed by atoms with Crippen LogP contribution in [0.15, 0.2) is 91.0 Å². The molecule has 3 atom stereocenters. The standard InChI is InChI=1S/C46H52ClN5O9/c1-45(2,3)60-39(53)20-19-35(41(55)48-32-13-10-14-33(25-32)59-7)50-44(58)38(26-40(54)61-46(4,5)6)52-42(56)36(22-27-15-16-28-11-8-9-12-29(28)21-27)51-43(57)37-24-30-23-31(47)17-18-34(30)49-37/h8-18,21,23-25,35-36,38,49H,19-20,22,26H2,1-7H3,(H,48,55)(H,50,58)(H,51,57)(H,52,56)/t35-,36-,38-/m0/s1. The molecule has 0 bridgehead atoms. The van der Waals surface area contributed by atoms with E-state index in [9.17, 15) is 28.8 Å². The third kappa shape index (κ3) is 13.8. The van der Waals surface area contributed by atoms with Gasteiger partial charge in [-0.25, -0.2) is 0 Å². The molecule has 0 aliphatic carbocycles. The van der Waals surface area contributed by atoms with E-state index in [4.69, 9.17) is 25.8 Å². The number of aromatic amines is 1. The highest BCUT2D eigenvalue weighted by Crippen LogP contribution is 2.22. The number of hydrogen-bond donors (Lipinski definition) is 5. The first-order chi connectivity index (χ1) is 28.7. The van der Waals surface area contributed by atoms with Crippen molar-refractivity contribution in [3.8, 4) is 5.75 Å². The molecule has 322 valence electrons. The van der Waals surface area contributed by atoms with Crippen molar-refractivity contribution < 1.29 is 43.0 Å². The van der Waals surface area contributed by atoms with Gasteiger partial charge >= 0.3 is 11.9 Å². The molecule has 1 heterocycles. The number of methoxy groups -OCH3 is 1. The van der Waals surface area contributed by atoms with Crippen molar-refractivity contribution in [2.75, 3.05) is 12.4 Å². The fourth-order valence-electron chi connectivity index (χ4n) is 6.43. The molecular formula is C46H52ClN5O9. The van der Waals surface area contributed by atoms with Crippen LogP contribution in [0.3, 0.4) is 0 Å². The first-order valence-electron chi connectivity index (χ1n) is 19.8. The number of carbonyl (C=O) groups is 6. The van der Waals surface area contributed by atoms with E-state index in [0.717, 1.165) is 10.8 Å². The largest absolute Gasteiger partial charge is 0.497 e. The number of carbonyl (C=O) groups excluding carboxylic acids is 6. The van der Waals surface area contributed by atoms with Gasteiger partial charge < -0.3 is 40.5 Å². The third-order valence-electron chi connectivity index (χ3n) is 9.15. The number of anilines is 1. The number of H-pyrrole nitrogens is 1. The van der Waals surface area contributed by atoms with Crippen LogP contribution in [-0.2, 0) is 39.9 Å². The van der Waals surface area contributed by atoms with Crippen LogP contribution in [0.2, 0.25) is 5.02 Å². The number of benzene rings is 4. The van der Waals surface area contributed by atoms with Crippen molar-refractivity contribution >= 4 is 74.5 Å². The lowest BCUT2D eigenvalue weighted by atomic mass is 10.0. The number of fused-ring (bicyclic) bond motifs is 2. The summed E-state index contributed by atoms with van der Waals surface area (Å²) in [5.74, 6) is -3.97. The SMILES string of the molecule is COc1cccc(NC(=O)[C@H](CCC(=O)OC(C)(C)C)NC(=O)[C@H](CC(=O)OC(C)(C)C)NC(=O)[C@H](Cc2ccc3ccccc3c2)NC(=O)c2cc3cc(Cl)ccc3[nH]2)c1. The summed E-state index contributed by atoms with van der Waals surface area (Å²) in [4.78, 5) is 85.4. The van der Waals surface area contributed by atoms with Gasteiger partial charge in [0.25, 0.3) is 5.91 Å². The summed E-state index contributed by atoms with van der Waals surface area (Å²) in [5.41, 5.74) is 0.118. The summed E-state index contributed by atoms with van der Waals surface area (Å²) in [6, 6.07) is 22.3. The van der Waals surface area contributed by atoms with Crippen LogP contribution in [0, 0.1) is 0 Å². The highest BCUT2D eigenvalue weighted by atomic mass is 35.5. The molecule has 0 radical (unpaired) electrons. The number of halogens is 1. The normalized spacial score (nSPS) is 13.0. The number of esters is 2. The summed E-state index contributed by atoms with van der Waals surface area (Å²) in [6.07, 6.45) is -1.09. The minimum atomic E-state index is -1.60. The van der Waals surface area contributed by atoms with Gasteiger partial charge in [0, 0.05) is 40.5 Å². The first kappa shape index (κ1) is 45.7. The van der Waals surface area contributed by atoms with Gasteiger partial charge in [0.15, 0.2) is 0 Å². The second-order valence-electron chi connectivity index (χ2n) is 16.6. The molecule has 0 aliphatic rings. The molecule has 4 amide bonds. The van der Waals surface area contributed by atoms with E-state index in [2.05, 4.69) is 26.3 Å². The van der Waals surface area contributed by atoms with Crippen molar-refractivity contribution in [3.63, 3.8) is 0 Å². The van der Waals surface area contributed by atoms with Gasteiger partial charge in [-0.15, -0.1) is 0 Å². The molecule has 5 N–H and O–H groups in total. The number of amides is 4. The maximum absolute atomic E-state index is 14.4. The lowest BCUT2D eigenvalue weighted by Crippen LogP contribution is -2.57. The number of hydrogen-bond acceptors (Lipinski definition) is 9. The van der Waals surface area contributed by atoms with Gasteiger partial charge in [-0.3, -0.25) is 28.8 Å². The Bertz CT molecular complexity index is 2420. The average molecular weight is 854 g/mol. The van der Waals surface area contributed by atoms with E-state index in [0.29, 0.717) is 32.9 Å². The van der Waals surface area contributed by atoms with Crippen molar-refractivity contribution in [2.45, 2.75) is 96.6 Å². The van der Waals surface area contributed by atoms with Gasteiger partial charge in [0.2, 0.25) is 17.7 Å². The molecule has 5 rings (SSSR count). The number of aromatic nitrogens is 1. The maximum atomic E-state index is 14.4. The Morgan fingerprint density at radius 1 is 0.656 bits per heavy atom. The summed E-state index contributed by atoms with van der Waals surface area (Å²) < 4.78 is 16.2. The Hall–Kier alpha value is -6.41. The first-order valence-corrected chi connectivity index (χ1v) is 20.2. The molecule has 14 nitrogen and oxygen atoms in total. The fourth-order valence-corrected chi connectivity index (χ4v) is 6.61. The summed E-state index contributed by atoms with van der Waals surface area (Å²) in [7, 11) is 1.47. The third-order valence-corrected chi connectivity index (χ3v) is 9.39. The summed E-state index contributed by atoms with van der Waals surface area (Å²) in [5, 5.41) is 13.9. The quantitative estimate of drug-likeness (QED) is 0.0665. The zero-order valence-electron chi connectivity index (χ0n) is 35.3. The van der Waals surface area contributed by atoms with Gasteiger partial charge in [0.1, 0.15) is 40.8 Å². The second kappa shape index (κ2) is 19.8. The smallest absolute Gasteiger partial charge is 0.308 e. The Kier molecular flexibility index (Phi) is 14.8. The van der Waals surface area contributed by atoms with Crippen molar-refractivity contribution in [1.82, 2.24) is 20.9 Å². The molecule has 0 spiro atoms. The van der Waals surface area contributed by atoms with E-state index < -0.39 is 71.3 Å². The Balaban J connectivity index is 1.44. The molecule has 5 aromatic rings. The van der Waals surface area contributed by atoms with E-state index in [-0.39, 0.29) is 25.0 Å².